The number of aromatic nitrogens is 2. The van der Waals surface area contributed by atoms with E-state index in [1.807, 2.05) is 30.3 Å². The molecule has 0 spiro atoms. The zero-order valence-electron chi connectivity index (χ0n) is 15.5. The van der Waals surface area contributed by atoms with Gasteiger partial charge in [-0.1, -0.05) is 36.9 Å². The lowest BCUT2D eigenvalue weighted by Gasteiger charge is -2.10. The number of carbonyl (C=O) groups excluding carboxylic acids is 1. The maximum Gasteiger partial charge on any atom is 0.256 e. The molecule has 0 saturated heterocycles. The summed E-state index contributed by atoms with van der Waals surface area (Å²) in [4.78, 5) is 21.2. The summed E-state index contributed by atoms with van der Waals surface area (Å²) in [6, 6.07) is 16.0. The smallest absolute Gasteiger partial charge is 0.256 e. The van der Waals surface area contributed by atoms with Crippen molar-refractivity contribution in [3.63, 3.8) is 0 Å². The van der Waals surface area contributed by atoms with Crippen LogP contribution in [-0.2, 0) is 4.79 Å². The van der Waals surface area contributed by atoms with Crippen LogP contribution in [0, 0.1) is 0 Å². The van der Waals surface area contributed by atoms with Crippen LogP contribution in [0.2, 0.25) is 0 Å². The molecule has 0 saturated carbocycles. The Morgan fingerprint density at radius 3 is 2.66 bits per heavy atom. The fraction of sp³-hybridized carbons (Fsp3) is 0. The number of allylic oxidation sites excluding steroid dienone is 3. The minimum absolute atomic E-state index is 0.157. The van der Waals surface area contributed by atoms with Crippen LogP contribution >= 0.6 is 0 Å². The zero-order chi connectivity index (χ0) is 20.2. The molecular formula is C23H18N4O2. The van der Waals surface area contributed by atoms with Crippen LogP contribution in [-0.4, -0.2) is 21.0 Å². The number of hydrogen-bond acceptors (Lipinski definition) is 5. The fourth-order valence-electron chi connectivity index (χ4n) is 2.93. The highest BCUT2D eigenvalue weighted by atomic mass is 16.3. The zero-order valence-corrected chi connectivity index (χ0v) is 15.5. The molecule has 142 valence electrons. The highest BCUT2D eigenvalue weighted by Crippen LogP contribution is 2.25. The largest absolute Gasteiger partial charge is 0.508 e. The number of nitrogens with one attached hydrogen (secondary N) is 2. The van der Waals surface area contributed by atoms with Gasteiger partial charge in [0, 0.05) is 34.8 Å². The lowest BCUT2D eigenvalue weighted by Crippen LogP contribution is -2.14. The lowest BCUT2D eigenvalue weighted by atomic mass is 10.1. The van der Waals surface area contributed by atoms with Gasteiger partial charge in [0.15, 0.2) is 0 Å². The number of nitrogens with zero attached hydrogens (tertiary/aromatic N) is 2. The van der Waals surface area contributed by atoms with Crippen molar-refractivity contribution in [3.05, 3.63) is 96.7 Å². The Hall–Kier alpha value is -4.19. The van der Waals surface area contributed by atoms with Gasteiger partial charge in [-0.3, -0.25) is 4.79 Å². The molecule has 0 radical (unpaired) electrons. The number of amides is 1. The van der Waals surface area contributed by atoms with Gasteiger partial charge in [-0.15, -0.1) is 0 Å². The predicted molar refractivity (Wildman–Crippen MR) is 114 cm³/mol. The quantitative estimate of drug-likeness (QED) is 0.601. The third-order valence-electron chi connectivity index (χ3n) is 4.32. The molecule has 0 bridgehead atoms. The topological polar surface area (TPSA) is 87.1 Å². The lowest BCUT2D eigenvalue weighted by molar-refractivity contribution is -0.112. The highest BCUT2D eigenvalue weighted by Gasteiger charge is 2.14. The molecule has 0 aliphatic heterocycles. The van der Waals surface area contributed by atoms with Crippen LogP contribution in [0.3, 0.4) is 0 Å². The summed E-state index contributed by atoms with van der Waals surface area (Å²) in [5.74, 6) is 0.358. The van der Waals surface area contributed by atoms with Gasteiger partial charge in [-0.05, 0) is 42.0 Å². The molecule has 1 aliphatic carbocycles. The second-order valence-corrected chi connectivity index (χ2v) is 6.44. The van der Waals surface area contributed by atoms with Crippen LogP contribution in [0.1, 0.15) is 0 Å². The molecule has 1 amide bonds. The van der Waals surface area contributed by atoms with E-state index in [0.717, 1.165) is 5.56 Å². The number of phenols is 1. The number of carbonyl (C=O) groups is 1. The van der Waals surface area contributed by atoms with E-state index >= 15 is 0 Å². The Kier molecular flexibility index (Phi) is 4.90. The van der Waals surface area contributed by atoms with Crippen LogP contribution < -0.4 is 10.6 Å². The van der Waals surface area contributed by atoms with Crippen molar-refractivity contribution in [2.45, 2.75) is 0 Å². The molecule has 29 heavy (non-hydrogen) atoms. The third kappa shape index (κ3) is 4.22. The van der Waals surface area contributed by atoms with Gasteiger partial charge < -0.3 is 15.7 Å². The number of benzene rings is 2. The van der Waals surface area contributed by atoms with E-state index in [9.17, 15) is 9.90 Å². The number of hydrogen-bond donors (Lipinski definition) is 3. The van der Waals surface area contributed by atoms with Crippen LogP contribution in [0.25, 0.3) is 11.3 Å². The molecule has 1 aliphatic rings. The van der Waals surface area contributed by atoms with E-state index in [0.29, 0.717) is 34.2 Å². The second-order valence-electron chi connectivity index (χ2n) is 6.44. The molecule has 0 atom stereocenters. The Morgan fingerprint density at radius 2 is 1.86 bits per heavy atom. The maximum absolute atomic E-state index is 12.4. The summed E-state index contributed by atoms with van der Waals surface area (Å²) < 4.78 is 0. The third-order valence-corrected chi connectivity index (χ3v) is 4.32. The van der Waals surface area contributed by atoms with Crippen molar-refractivity contribution >= 4 is 23.2 Å². The first-order chi connectivity index (χ1) is 14.1. The van der Waals surface area contributed by atoms with Gasteiger partial charge in [-0.2, -0.15) is 0 Å². The molecule has 0 fully saturated rings. The molecule has 3 aromatic rings. The fourth-order valence-corrected chi connectivity index (χ4v) is 2.93. The molecule has 4 rings (SSSR count). The van der Waals surface area contributed by atoms with Gasteiger partial charge in [0.1, 0.15) is 5.75 Å². The van der Waals surface area contributed by atoms with Crippen molar-refractivity contribution in [1.82, 2.24) is 9.97 Å². The number of anilines is 3. The molecule has 3 N–H and O–H groups in total. The summed E-state index contributed by atoms with van der Waals surface area (Å²) in [6.07, 6.45) is 6.99. The SMILES string of the molecule is C=C1C=CC=C1C(=O)Nc1cccc(-c2ccnc(Nc3cccc(O)c3)n2)c1. The maximum atomic E-state index is 12.4. The predicted octanol–water partition coefficient (Wildman–Crippen LogP) is 4.58. The van der Waals surface area contributed by atoms with Crippen LogP contribution in [0.4, 0.5) is 17.3 Å². The Bertz CT molecular complexity index is 1160. The number of phenolic OH excluding ortho intramolecular Hbond substituents is 1. The molecule has 1 heterocycles. The van der Waals surface area contributed by atoms with Crippen molar-refractivity contribution in [2.75, 3.05) is 10.6 Å². The van der Waals surface area contributed by atoms with E-state index in [1.165, 1.54) is 0 Å². The first kappa shape index (κ1) is 18.2. The van der Waals surface area contributed by atoms with Crippen LogP contribution in [0.15, 0.2) is 96.7 Å². The summed E-state index contributed by atoms with van der Waals surface area (Å²) in [5, 5.41) is 15.6. The normalized spacial score (nSPS) is 12.6. The average molecular weight is 382 g/mol. The van der Waals surface area contributed by atoms with Crippen molar-refractivity contribution in [3.8, 4) is 17.0 Å². The average Bonchev–Trinajstić information content (AvgIpc) is 3.14. The first-order valence-corrected chi connectivity index (χ1v) is 8.97. The monoisotopic (exact) mass is 382 g/mol. The molecule has 1 aromatic heterocycles. The Labute approximate surface area is 168 Å². The van der Waals surface area contributed by atoms with E-state index in [1.54, 1.807) is 48.7 Å². The van der Waals surface area contributed by atoms with Gasteiger partial charge >= 0.3 is 0 Å². The van der Waals surface area contributed by atoms with Gasteiger partial charge in [0.05, 0.1) is 5.69 Å². The summed E-state index contributed by atoms with van der Waals surface area (Å²) in [6.45, 7) is 3.86. The molecule has 6 heteroatoms. The summed E-state index contributed by atoms with van der Waals surface area (Å²) in [7, 11) is 0. The number of aromatic hydroxyl groups is 1. The molecule has 6 nitrogen and oxygen atoms in total. The molecule has 2 aromatic carbocycles. The van der Waals surface area contributed by atoms with Gasteiger partial charge in [-0.25, -0.2) is 9.97 Å². The van der Waals surface area contributed by atoms with E-state index in [2.05, 4.69) is 27.2 Å². The van der Waals surface area contributed by atoms with Crippen LogP contribution in [0.5, 0.6) is 5.75 Å². The van der Waals surface area contributed by atoms with Crippen molar-refractivity contribution in [2.24, 2.45) is 0 Å². The molecular weight excluding hydrogens is 364 g/mol. The minimum atomic E-state index is -0.203. The van der Waals surface area contributed by atoms with Crippen molar-refractivity contribution in [1.29, 1.82) is 0 Å². The Morgan fingerprint density at radius 1 is 1.03 bits per heavy atom. The van der Waals surface area contributed by atoms with Crippen molar-refractivity contribution < 1.29 is 9.90 Å². The Balaban J connectivity index is 1.54. The van der Waals surface area contributed by atoms with E-state index in [-0.39, 0.29) is 11.7 Å². The molecule has 0 unspecified atom stereocenters. The van der Waals surface area contributed by atoms with E-state index in [4.69, 9.17) is 0 Å². The summed E-state index contributed by atoms with van der Waals surface area (Å²) >= 11 is 0. The van der Waals surface area contributed by atoms with Gasteiger partial charge in [0.2, 0.25) is 5.95 Å². The minimum Gasteiger partial charge on any atom is -0.508 e. The highest BCUT2D eigenvalue weighted by molar-refractivity contribution is 6.08. The number of rotatable bonds is 5. The van der Waals surface area contributed by atoms with Gasteiger partial charge in [0.25, 0.3) is 5.91 Å². The standard InChI is InChI=1S/C23H18N4O2/c1-15-5-2-10-20(15)22(29)25-17-7-3-6-16(13-17)21-11-12-24-23(27-21)26-18-8-4-9-19(28)14-18/h2-14,28H,1H2,(H,25,29)(H,24,26,27). The second kappa shape index (κ2) is 7.82. The van der Waals surface area contributed by atoms with E-state index < -0.39 is 0 Å². The first-order valence-electron chi connectivity index (χ1n) is 8.97. The summed E-state index contributed by atoms with van der Waals surface area (Å²) in [5.41, 5.74) is 4.12.